The average Bonchev–Trinajstić information content (AvgIpc) is 3.10. The van der Waals surface area contributed by atoms with Gasteiger partial charge in [0.05, 0.1) is 11.7 Å². The van der Waals surface area contributed by atoms with E-state index in [0.29, 0.717) is 0 Å². The number of aromatic nitrogens is 2. The number of hydrogen-bond acceptors (Lipinski definition) is 3. The number of H-pyrrole nitrogens is 1. The molecule has 1 aromatic heterocycles. The number of benzene rings is 1. The van der Waals surface area contributed by atoms with Crippen LogP contribution in [0.25, 0.3) is 10.9 Å². The largest absolute Gasteiger partial charge is 0.322 e. The van der Waals surface area contributed by atoms with Crippen LogP contribution in [0.15, 0.2) is 24.4 Å². The molecule has 2 aromatic rings. The highest BCUT2D eigenvalue weighted by Gasteiger charge is 2.27. The highest BCUT2D eigenvalue weighted by molar-refractivity contribution is 5.92. The van der Waals surface area contributed by atoms with Crippen LogP contribution in [0, 0.1) is 0 Å². The Morgan fingerprint density at radius 1 is 1.12 bits per heavy atom. The second-order valence-electron chi connectivity index (χ2n) is 6.92. The zero-order chi connectivity index (χ0) is 16.4. The number of piperazine rings is 1. The van der Waals surface area contributed by atoms with E-state index in [-0.39, 0.29) is 6.03 Å². The lowest BCUT2D eigenvalue weighted by atomic mass is 9.94. The summed E-state index contributed by atoms with van der Waals surface area (Å²) < 4.78 is 0. The Morgan fingerprint density at radius 3 is 2.71 bits per heavy atom. The molecule has 24 heavy (non-hydrogen) atoms. The molecule has 1 aromatic carbocycles. The number of anilines is 1. The summed E-state index contributed by atoms with van der Waals surface area (Å²) in [6, 6.07) is 6.55. The van der Waals surface area contributed by atoms with Crippen LogP contribution in [0.4, 0.5) is 10.5 Å². The summed E-state index contributed by atoms with van der Waals surface area (Å²) in [6.45, 7) is 3.63. The number of hydrogen-bond donors (Lipinski definition) is 2. The summed E-state index contributed by atoms with van der Waals surface area (Å²) in [5.74, 6) is 0. The molecular formula is C18H25N5O. The number of nitrogens with zero attached hydrogens (tertiary/aromatic N) is 3. The van der Waals surface area contributed by atoms with Gasteiger partial charge in [-0.1, -0.05) is 19.3 Å². The van der Waals surface area contributed by atoms with E-state index in [9.17, 15) is 4.79 Å². The van der Waals surface area contributed by atoms with Crippen molar-refractivity contribution in [3.8, 4) is 0 Å². The van der Waals surface area contributed by atoms with Crippen LogP contribution < -0.4 is 5.32 Å². The van der Waals surface area contributed by atoms with Crippen molar-refractivity contribution in [3.05, 3.63) is 24.4 Å². The topological polar surface area (TPSA) is 64.3 Å². The third-order valence-corrected chi connectivity index (χ3v) is 5.38. The van der Waals surface area contributed by atoms with Gasteiger partial charge in [-0.2, -0.15) is 5.10 Å². The van der Waals surface area contributed by atoms with Gasteiger partial charge in [0.15, 0.2) is 0 Å². The number of urea groups is 1. The lowest BCUT2D eigenvalue weighted by Gasteiger charge is -2.40. The lowest BCUT2D eigenvalue weighted by molar-refractivity contribution is 0.0943. The number of aromatic amines is 1. The maximum absolute atomic E-state index is 12.5. The molecule has 4 rings (SSSR count). The van der Waals surface area contributed by atoms with Gasteiger partial charge in [0.1, 0.15) is 0 Å². The molecule has 2 fully saturated rings. The van der Waals surface area contributed by atoms with E-state index < -0.39 is 0 Å². The summed E-state index contributed by atoms with van der Waals surface area (Å²) >= 11 is 0. The van der Waals surface area contributed by atoms with Crippen LogP contribution in [0.1, 0.15) is 32.1 Å². The fourth-order valence-corrected chi connectivity index (χ4v) is 3.96. The number of carbonyl (C=O) groups is 1. The van der Waals surface area contributed by atoms with Crippen molar-refractivity contribution in [1.82, 2.24) is 20.0 Å². The van der Waals surface area contributed by atoms with Crippen molar-refractivity contribution in [2.24, 2.45) is 0 Å². The summed E-state index contributed by atoms with van der Waals surface area (Å²) in [5, 5.41) is 11.0. The highest BCUT2D eigenvalue weighted by Crippen LogP contribution is 2.24. The third-order valence-electron chi connectivity index (χ3n) is 5.38. The number of fused-ring (bicyclic) bond motifs is 1. The van der Waals surface area contributed by atoms with Gasteiger partial charge in [-0.15, -0.1) is 0 Å². The van der Waals surface area contributed by atoms with Crippen LogP contribution in [0.3, 0.4) is 0 Å². The van der Waals surface area contributed by atoms with Gasteiger partial charge in [-0.3, -0.25) is 10.00 Å². The van der Waals surface area contributed by atoms with Gasteiger partial charge in [-0.05, 0) is 31.0 Å². The standard InChI is InChI=1S/C18H25N5O/c24-18(20-15-6-7-17-14(12-15)13-19-21-17)23-10-8-22(9-11-23)16-4-2-1-3-5-16/h6-7,12-13,16H,1-5,8-11H2,(H,19,21)(H,20,24). The highest BCUT2D eigenvalue weighted by atomic mass is 16.2. The molecule has 2 amide bonds. The monoisotopic (exact) mass is 327 g/mol. The zero-order valence-corrected chi connectivity index (χ0v) is 14.0. The van der Waals surface area contributed by atoms with Gasteiger partial charge >= 0.3 is 6.03 Å². The molecule has 2 aliphatic rings. The maximum Gasteiger partial charge on any atom is 0.321 e. The van der Waals surface area contributed by atoms with Crippen LogP contribution >= 0.6 is 0 Å². The molecule has 6 nitrogen and oxygen atoms in total. The molecule has 2 N–H and O–H groups in total. The molecule has 1 aliphatic carbocycles. The van der Waals surface area contributed by atoms with Crippen LogP contribution in [-0.4, -0.2) is 58.2 Å². The Balaban J connectivity index is 1.32. The third kappa shape index (κ3) is 3.24. The van der Waals surface area contributed by atoms with Crippen molar-refractivity contribution in [2.45, 2.75) is 38.1 Å². The molecule has 0 spiro atoms. The first-order valence-electron chi connectivity index (χ1n) is 9.03. The van der Waals surface area contributed by atoms with Crippen LogP contribution in [-0.2, 0) is 0 Å². The van der Waals surface area contributed by atoms with Gasteiger partial charge in [0.25, 0.3) is 0 Å². The first-order valence-corrected chi connectivity index (χ1v) is 9.03. The van der Waals surface area contributed by atoms with Crippen LogP contribution in [0.2, 0.25) is 0 Å². The molecule has 1 aliphatic heterocycles. The average molecular weight is 327 g/mol. The van der Waals surface area contributed by atoms with E-state index in [1.807, 2.05) is 23.1 Å². The van der Waals surface area contributed by atoms with Gasteiger partial charge < -0.3 is 10.2 Å². The molecule has 0 atom stereocenters. The van der Waals surface area contributed by atoms with E-state index in [4.69, 9.17) is 0 Å². The van der Waals surface area contributed by atoms with E-state index in [0.717, 1.165) is 48.8 Å². The molecule has 6 heteroatoms. The normalized spacial score (nSPS) is 20.4. The Morgan fingerprint density at radius 2 is 1.92 bits per heavy atom. The molecule has 2 heterocycles. The number of rotatable bonds is 2. The SMILES string of the molecule is O=C(Nc1ccc2[nH]ncc2c1)N1CCN(C2CCCCC2)CC1. The maximum atomic E-state index is 12.5. The van der Waals surface area contributed by atoms with Gasteiger partial charge in [-0.25, -0.2) is 4.79 Å². The van der Waals surface area contributed by atoms with Crippen molar-refractivity contribution < 1.29 is 4.79 Å². The molecule has 1 saturated carbocycles. The first-order chi connectivity index (χ1) is 11.8. The van der Waals surface area contributed by atoms with E-state index in [2.05, 4.69) is 20.4 Å². The van der Waals surface area contributed by atoms with Crippen molar-refractivity contribution in [3.63, 3.8) is 0 Å². The minimum absolute atomic E-state index is 0.00105. The molecule has 0 radical (unpaired) electrons. The predicted octanol–water partition coefficient (Wildman–Crippen LogP) is 3.05. The molecular weight excluding hydrogens is 302 g/mol. The smallest absolute Gasteiger partial charge is 0.321 e. The Hall–Kier alpha value is -2.08. The fourth-order valence-electron chi connectivity index (χ4n) is 3.96. The van der Waals surface area contributed by atoms with Gasteiger partial charge in [0, 0.05) is 43.3 Å². The van der Waals surface area contributed by atoms with Crippen molar-refractivity contribution in [2.75, 3.05) is 31.5 Å². The Bertz CT molecular complexity index is 698. The van der Waals surface area contributed by atoms with E-state index in [1.165, 1.54) is 32.1 Å². The van der Waals surface area contributed by atoms with E-state index >= 15 is 0 Å². The molecule has 128 valence electrons. The van der Waals surface area contributed by atoms with Gasteiger partial charge in [0.2, 0.25) is 0 Å². The number of nitrogens with one attached hydrogen (secondary N) is 2. The predicted molar refractivity (Wildman–Crippen MR) is 95.1 cm³/mol. The zero-order valence-electron chi connectivity index (χ0n) is 14.0. The molecule has 0 unspecified atom stereocenters. The Labute approximate surface area is 142 Å². The number of amides is 2. The summed E-state index contributed by atoms with van der Waals surface area (Å²) in [4.78, 5) is 17.0. The second kappa shape index (κ2) is 6.81. The lowest BCUT2D eigenvalue weighted by Crippen LogP contribution is -2.53. The second-order valence-corrected chi connectivity index (χ2v) is 6.92. The first kappa shape index (κ1) is 15.4. The molecule has 1 saturated heterocycles. The minimum Gasteiger partial charge on any atom is -0.322 e. The van der Waals surface area contributed by atoms with E-state index in [1.54, 1.807) is 6.20 Å². The van der Waals surface area contributed by atoms with Crippen molar-refractivity contribution >= 4 is 22.6 Å². The minimum atomic E-state index is 0.00105. The summed E-state index contributed by atoms with van der Waals surface area (Å²) in [5.41, 5.74) is 1.80. The fraction of sp³-hybridized carbons (Fsp3) is 0.556. The summed E-state index contributed by atoms with van der Waals surface area (Å²) in [7, 11) is 0. The molecule has 0 bridgehead atoms. The Kier molecular flexibility index (Phi) is 4.38. The summed E-state index contributed by atoms with van der Waals surface area (Å²) in [6.07, 6.45) is 8.55. The van der Waals surface area contributed by atoms with Crippen molar-refractivity contribution in [1.29, 1.82) is 0 Å². The van der Waals surface area contributed by atoms with Crippen LogP contribution in [0.5, 0.6) is 0 Å². The quantitative estimate of drug-likeness (QED) is 0.891. The number of carbonyl (C=O) groups excluding carboxylic acids is 1.